The summed E-state index contributed by atoms with van der Waals surface area (Å²) in [6.45, 7) is 9.20. The monoisotopic (exact) mass is 201 g/mol. The third-order valence-electron chi connectivity index (χ3n) is 2.03. The SMILES string of the molecule is CC(C)CCNC(=O)CN(N)C(C)C. The Morgan fingerprint density at radius 1 is 1.36 bits per heavy atom. The molecule has 84 valence electrons. The number of hydrogen-bond acceptors (Lipinski definition) is 3. The zero-order chi connectivity index (χ0) is 11.1. The second kappa shape index (κ2) is 6.79. The summed E-state index contributed by atoms with van der Waals surface area (Å²) in [5.74, 6) is 6.24. The molecule has 0 heterocycles. The van der Waals surface area contributed by atoms with E-state index < -0.39 is 0 Å². The van der Waals surface area contributed by atoms with Crippen LogP contribution in [0.2, 0.25) is 0 Å². The van der Waals surface area contributed by atoms with Crippen LogP contribution >= 0.6 is 0 Å². The van der Waals surface area contributed by atoms with E-state index in [1.165, 1.54) is 5.01 Å². The molecule has 14 heavy (non-hydrogen) atoms. The lowest BCUT2D eigenvalue weighted by Gasteiger charge is -2.19. The second-order valence-corrected chi connectivity index (χ2v) is 4.30. The number of nitrogens with zero attached hydrogens (tertiary/aromatic N) is 1. The van der Waals surface area contributed by atoms with Gasteiger partial charge in [0.1, 0.15) is 0 Å². The first-order valence-corrected chi connectivity index (χ1v) is 5.21. The highest BCUT2D eigenvalue weighted by Crippen LogP contribution is 1.96. The van der Waals surface area contributed by atoms with Crippen molar-refractivity contribution in [2.45, 2.75) is 40.2 Å². The van der Waals surface area contributed by atoms with Gasteiger partial charge < -0.3 is 5.32 Å². The standard InChI is InChI=1S/C10H23N3O/c1-8(2)5-6-12-10(14)7-13(11)9(3)4/h8-9H,5-7,11H2,1-4H3,(H,12,14). The van der Waals surface area contributed by atoms with Gasteiger partial charge in [-0.3, -0.25) is 10.6 Å². The fourth-order valence-electron chi connectivity index (χ4n) is 0.905. The van der Waals surface area contributed by atoms with Crippen LogP contribution in [-0.2, 0) is 4.79 Å². The van der Waals surface area contributed by atoms with Gasteiger partial charge in [-0.2, -0.15) is 0 Å². The molecule has 0 aliphatic heterocycles. The molecule has 0 fully saturated rings. The first-order chi connectivity index (χ1) is 6.43. The Hall–Kier alpha value is -0.610. The Morgan fingerprint density at radius 2 is 1.93 bits per heavy atom. The number of carbonyl (C=O) groups is 1. The molecule has 4 nitrogen and oxygen atoms in total. The van der Waals surface area contributed by atoms with Crippen LogP contribution in [0.15, 0.2) is 0 Å². The van der Waals surface area contributed by atoms with Gasteiger partial charge in [-0.05, 0) is 26.2 Å². The number of amides is 1. The zero-order valence-corrected chi connectivity index (χ0v) is 9.71. The van der Waals surface area contributed by atoms with Crippen molar-refractivity contribution in [3.05, 3.63) is 0 Å². The van der Waals surface area contributed by atoms with Crippen LogP contribution in [0.25, 0.3) is 0 Å². The van der Waals surface area contributed by atoms with Crippen molar-refractivity contribution >= 4 is 5.91 Å². The smallest absolute Gasteiger partial charge is 0.235 e. The predicted molar refractivity (Wildman–Crippen MR) is 58.5 cm³/mol. The molecule has 0 saturated heterocycles. The molecule has 1 amide bonds. The average Bonchev–Trinajstić information content (AvgIpc) is 2.02. The van der Waals surface area contributed by atoms with Gasteiger partial charge in [0.15, 0.2) is 0 Å². The molecule has 0 bridgehead atoms. The third kappa shape index (κ3) is 6.86. The molecule has 0 radical (unpaired) electrons. The van der Waals surface area contributed by atoms with E-state index in [9.17, 15) is 4.79 Å². The van der Waals surface area contributed by atoms with Crippen molar-refractivity contribution < 1.29 is 4.79 Å². The molecule has 0 aliphatic carbocycles. The third-order valence-corrected chi connectivity index (χ3v) is 2.03. The van der Waals surface area contributed by atoms with Gasteiger partial charge in [0.2, 0.25) is 5.91 Å². The summed E-state index contributed by atoms with van der Waals surface area (Å²) in [6.07, 6.45) is 1.01. The summed E-state index contributed by atoms with van der Waals surface area (Å²) >= 11 is 0. The van der Waals surface area contributed by atoms with Gasteiger partial charge in [-0.1, -0.05) is 13.8 Å². The molecular weight excluding hydrogens is 178 g/mol. The lowest BCUT2D eigenvalue weighted by molar-refractivity contribution is -0.122. The van der Waals surface area contributed by atoms with E-state index in [1.807, 2.05) is 13.8 Å². The van der Waals surface area contributed by atoms with E-state index in [0.29, 0.717) is 5.92 Å². The van der Waals surface area contributed by atoms with E-state index in [1.54, 1.807) is 0 Å². The molecule has 0 saturated carbocycles. The molecule has 0 aromatic rings. The molecule has 0 aromatic carbocycles. The quantitative estimate of drug-likeness (QED) is 0.492. The maximum absolute atomic E-state index is 11.3. The Kier molecular flexibility index (Phi) is 6.49. The summed E-state index contributed by atoms with van der Waals surface area (Å²) in [4.78, 5) is 11.3. The summed E-state index contributed by atoms with van der Waals surface area (Å²) in [6, 6.07) is 0.200. The van der Waals surface area contributed by atoms with E-state index in [2.05, 4.69) is 19.2 Å². The maximum Gasteiger partial charge on any atom is 0.235 e. The van der Waals surface area contributed by atoms with Crippen LogP contribution in [0.3, 0.4) is 0 Å². The Balaban J connectivity index is 3.55. The lowest BCUT2D eigenvalue weighted by atomic mass is 10.1. The van der Waals surface area contributed by atoms with Gasteiger partial charge in [-0.25, -0.2) is 5.01 Å². The lowest BCUT2D eigenvalue weighted by Crippen LogP contribution is -2.45. The Morgan fingerprint density at radius 3 is 2.36 bits per heavy atom. The van der Waals surface area contributed by atoms with E-state index >= 15 is 0 Å². The first-order valence-electron chi connectivity index (χ1n) is 5.21. The molecule has 0 aromatic heterocycles. The largest absolute Gasteiger partial charge is 0.355 e. The number of rotatable bonds is 6. The average molecular weight is 201 g/mol. The van der Waals surface area contributed by atoms with Crippen LogP contribution in [0.5, 0.6) is 0 Å². The first kappa shape index (κ1) is 13.4. The minimum absolute atomic E-state index is 0.00171. The number of nitrogens with one attached hydrogen (secondary N) is 1. The zero-order valence-electron chi connectivity index (χ0n) is 9.71. The predicted octanol–water partition coefficient (Wildman–Crippen LogP) is 0.733. The highest BCUT2D eigenvalue weighted by atomic mass is 16.2. The van der Waals surface area contributed by atoms with Gasteiger partial charge in [0, 0.05) is 12.6 Å². The maximum atomic E-state index is 11.3. The van der Waals surface area contributed by atoms with Gasteiger partial charge in [0.25, 0.3) is 0 Å². The van der Waals surface area contributed by atoms with Crippen molar-refractivity contribution in [2.24, 2.45) is 11.8 Å². The second-order valence-electron chi connectivity index (χ2n) is 4.30. The van der Waals surface area contributed by atoms with Crippen LogP contribution in [0.1, 0.15) is 34.1 Å². The van der Waals surface area contributed by atoms with Crippen LogP contribution in [0.4, 0.5) is 0 Å². The minimum atomic E-state index is 0.00171. The highest BCUT2D eigenvalue weighted by Gasteiger charge is 2.09. The van der Waals surface area contributed by atoms with Gasteiger partial charge >= 0.3 is 0 Å². The molecule has 0 atom stereocenters. The van der Waals surface area contributed by atoms with Crippen LogP contribution in [-0.4, -0.2) is 30.0 Å². The van der Waals surface area contributed by atoms with Crippen LogP contribution < -0.4 is 11.2 Å². The number of hydrazine groups is 1. The summed E-state index contributed by atoms with van der Waals surface area (Å²) in [5.41, 5.74) is 0. The Bertz CT molecular complexity index is 169. The normalized spacial score (nSPS) is 11.4. The molecular formula is C10H23N3O. The van der Waals surface area contributed by atoms with Gasteiger partial charge in [-0.15, -0.1) is 0 Å². The number of hydrogen-bond donors (Lipinski definition) is 2. The molecule has 3 N–H and O–H groups in total. The van der Waals surface area contributed by atoms with Crippen LogP contribution in [0, 0.1) is 5.92 Å². The fourth-order valence-corrected chi connectivity index (χ4v) is 0.905. The van der Waals surface area contributed by atoms with Crippen molar-refractivity contribution in [3.8, 4) is 0 Å². The van der Waals surface area contributed by atoms with Crippen molar-refractivity contribution in [1.29, 1.82) is 0 Å². The highest BCUT2D eigenvalue weighted by molar-refractivity contribution is 5.77. The molecule has 0 spiro atoms. The number of nitrogens with two attached hydrogens (primary N) is 1. The summed E-state index contributed by atoms with van der Waals surface area (Å²) < 4.78 is 0. The molecule has 0 aliphatic rings. The minimum Gasteiger partial charge on any atom is -0.355 e. The summed E-state index contributed by atoms with van der Waals surface area (Å²) in [7, 11) is 0. The van der Waals surface area contributed by atoms with Crippen molar-refractivity contribution in [3.63, 3.8) is 0 Å². The number of carbonyl (C=O) groups excluding carboxylic acids is 1. The van der Waals surface area contributed by atoms with Crippen molar-refractivity contribution in [2.75, 3.05) is 13.1 Å². The fraction of sp³-hybridized carbons (Fsp3) is 0.900. The molecule has 0 unspecified atom stereocenters. The molecule has 4 heteroatoms. The Labute approximate surface area is 86.8 Å². The van der Waals surface area contributed by atoms with Gasteiger partial charge in [0.05, 0.1) is 6.54 Å². The van der Waals surface area contributed by atoms with E-state index in [0.717, 1.165) is 13.0 Å². The topological polar surface area (TPSA) is 58.4 Å². The van der Waals surface area contributed by atoms with E-state index in [-0.39, 0.29) is 18.5 Å². The van der Waals surface area contributed by atoms with Crippen molar-refractivity contribution in [1.82, 2.24) is 10.3 Å². The van der Waals surface area contributed by atoms with E-state index in [4.69, 9.17) is 5.84 Å². The summed E-state index contributed by atoms with van der Waals surface area (Å²) in [5, 5.41) is 4.37. The molecule has 0 rings (SSSR count).